The number of rotatable bonds is 4. The summed E-state index contributed by atoms with van der Waals surface area (Å²) in [5.41, 5.74) is 0. The first kappa shape index (κ1) is 20.3. The van der Waals surface area contributed by atoms with E-state index < -0.39 is 31.9 Å². The van der Waals surface area contributed by atoms with E-state index in [2.05, 4.69) is 11.8 Å². The number of sulfonamides is 1. The van der Waals surface area contributed by atoms with Crippen LogP contribution in [-0.2, 0) is 31.2 Å². The average molecular weight is 433 g/mol. The van der Waals surface area contributed by atoms with Crippen LogP contribution in [0.2, 0.25) is 0 Å². The Bertz CT molecular complexity index is 1000. The summed E-state index contributed by atoms with van der Waals surface area (Å²) in [5.74, 6) is 5.03. The molecule has 2 aliphatic heterocycles. The smallest absolute Gasteiger partial charge is 0.322 e. The van der Waals surface area contributed by atoms with Gasteiger partial charge in [-0.2, -0.15) is 4.31 Å². The number of nitrogens with zero attached hydrogens (tertiary/aromatic N) is 2. The largest absolute Gasteiger partial charge is 0.480 e. The zero-order valence-corrected chi connectivity index (χ0v) is 17.2. The van der Waals surface area contributed by atoms with Crippen molar-refractivity contribution in [1.82, 2.24) is 9.21 Å². The Hall–Kier alpha value is -1.45. The molecule has 1 fully saturated rings. The molecule has 1 unspecified atom stereocenters. The first-order valence-corrected chi connectivity index (χ1v) is 12.5. The molecule has 27 heavy (non-hydrogen) atoms. The highest BCUT2D eigenvalue weighted by atomic mass is 32.2. The molecule has 8 nitrogen and oxygen atoms in total. The van der Waals surface area contributed by atoms with Gasteiger partial charge in [0.15, 0.2) is 9.84 Å². The monoisotopic (exact) mass is 432 g/mol. The highest BCUT2D eigenvalue weighted by molar-refractivity contribution is 7.91. The van der Waals surface area contributed by atoms with Gasteiger partial charge >= 0.3 is 5.97 Å². The van der Waals surface area contributed by atoms with Crippen molar-refractivity contribution < 1.29 is 26.7 Å². The van der Waals surface area contributed by atoms with Gasteiger partial charge in [0.25, 0.3) is 0 Å². The maximum absolute atomic E-state index is 12.6. The summed E-state index contributed by atoms with van der Waals surface area (Å²) in [4.78, 5) is 14.6. The van der Waals surface area contributed by atoms with E-state index in [9.17, 15) is 26.7 Å². The van der Waals surface area contributed by atoms with Crippen LogP contribution in [0.5, 0.6) is 0 Å². The number of carboxylic acid groups (broad SMARTS) is 1. The zero-order chi connectivity index (χ0) is 19.8. The lowest BCUT2D eigenvalue weighted by Crippen LogP contribution is -2.40. The summed E-state index contributed by atoms with van der Waals surface area (Å²) >= 11 is 1.25. The number of fused-ring (bicyclic) bond motifs is 1. The highest BCUT2D eigenvalue weighted by Crippen LogP contribution is 2.38. The maximum atomic E-state index is 12.6. The molecule has 0 spiro atoms. The Labute approximate surface area is 162 Å². The zero-order valence-electron chi connectivity index (χ0n) is 14.7. The lowest BCUT2D eigenvalue weighted by molar-refractivity contribution is -0.141. The summed E-state index contributed by atoms with van der Waals surface area (Å²) in [7, 11) is -6.75. The minimum Gasteiger partial charge on any atom is -0.480 e. The van der Waals surface area contributed by atoms with Crippen molar-refractivity contribution in [2.24, 2.45) is 0 Å². The fourth-order valence-corrected chi connectivity index (χ4v) is 7.63. The normalized spacial score (nSPS) is 22.6. The maximum Gasteiger partial charge on any atom is 0.322 e. The predicted molar refractivity (Wildman–Crippen MR) is 101 cm³/mol. The van der Waals surface area contributed by atoms with E-state index in [0.717, 1.165) is 4.31 Å². The molecule has 1 N–H and O–H groups in total. The second kappa shape index (κ2) is 7.52. The van der Waals surface area contributed by atoms with Gasteiger partial charge in [0, 0.05) is 18.0 Å². The summed E-state index contributed by atoms with van der Waals surface area (Å²) in [6, 6.07) is 0.428. The average Bonchev–Trinajstić information content (AvgIpc) is 3.08. The van der Waals surface area contributed by atoms with Crippen LogP contribution in [0.1, 0.15) is 23.1 Å². The molecule has 0 bridgehead atoms. The summed E-state index contributed by atoms with van der Waals surface area (Å²) < 4.78 is 49.1. The van der Waals surface area contributed by atoms with Crippen molar-refractivity contribution in [2.45, 2.75) is 30.8 Å². The van der Waals surface area contributed by atoms with E-state index in [1.807, 2.05) is 4.90 Å². The molecule has 1 aromatic heterocycles. The molecule has 11 heteroatoms. The van der Waals surface area contributed by atoms with Crippen molar-refractivity contribution in [3.63, 3.8) is 0 Å². The molecule has 1 atom stereocenters. The number of carboxylic acids is 1. The number of hydrogen-bond acceptors (Lipinski definition) is 7. The first-order valence-electron chi connectivity index (χ1n) is 8.43. The van der Waals surface area contributed by atoms with Crippen molar-refractivity contribution in [2.75, 3.05) is 31.1 Å². The molecule has 0 saturated carbocycles. The van der Waals surface area contributed by atoms with Crippen molar-refractivity contribution in [3.8, 4) is 11.8 Å². The van der Waals surface area contributed by atoms with E-state index >= 15 is 0 Å². The Morgan fingerprint density at radius 2 is 1.96 bits per heavy atom. The minimum absolute atomic E-state index is 0.0544. The predicted octanol–water partition coefficient (Wildman–Crippen LogP) is 0.198. The third-order valence-electron chi connectivity index (χ3n) is 4.63. The Kier molecular flexibility index (Phi) is 5.65. The number of thiophene rings is 1. The van der Waals surface area contributed by atoms with E-state index in [4.69, 9.17) is 0 Å². The van der Waals surface area contributed by atoms with Gasteiger partial charge in [0.05, 0.1) is 34.4 Å². The molecule has 3 heterocycles. The fraction of sp³-hybridized carbons (Fsp3) is 0.562. The number of carbonyl (C=O) groups is 1. The minimum atomic E-state index is -3.82. The van der Waals surface area contributed by atoms with Crippen molar-refractivity contribution in [1.29, 1.82) is 0 Å². The van der Waals surface area contributed by atoms with E-state index in [-0.39, 0.29) is 29.4 Å². The molecule has 2 aliphatic rings. The standard InChI is InChI=1S/C16H20N2O6S3/c1-2-13(16(19)20)18-11-14-15(27(18,23)24)10-12(25-14)4-3-5-17-6-8-26(21,22)9-7-17/h10,13H,2,5-9,11H2,1H3,(H,19,20). The van der Waals surface area contributed by atoms with E-state index in [0.29, 0.717) is 29.4 Å². The second-order valence-electron chi connectivity index (χ2n) is 6.44. The molecule has 0 radical (unpaired) electrons. The molecule has 0 amide bonds. The highest BCUT2D eigenvalue weighted by Gasteiger charge is 2.42. The third kappa shape index (κ3) is 4.20. The van der Waals surface area contributed by atoms with Crippen LogP contribution in [0.4, 0.5) is 0 Å². The lowest BCUT2D eigenvalue weighted by Gasteiger charge is -2.24. The van der Waals surface area contributed by atoms with Crippen LogP contribution >= 0.6 is 11.3 Å². The Morgan fingerprint density at radius 1 is 1.30 bits per heavy atom. The van der Waals surface area contributed by atoms with Gasteiger partial charge in [0.1, 0.15) is 6.04 Å². The van der Waals surface area contributed by atoms with Gasteiger partial charge in [-0.25, -0.2) is 16.8 Å². The SMILES string of the molecule is CCC(C(=O)O)N1Cc2sc(C#CCN3CCS(=O)(=O)CC3)cc2S1(=O)=O. The van der Waals surface area contributed by atoms with Gasteiger partial charge in [-0.15, -0.1) is 11.3 Å². The Morgan fingerprint density at radius 3 is 2.52 bits per heavy atom. The topological polar surface area (TPSA) is 112 Å². The quantitative estimate of drug-likeness (QED) is 0.676. The molecule has 1 aromatic rings. The number of hydrogen-bond donors (Lipinski definition) is 1. The van der Waals surface area contributed by atoms with Crippen LogP contribution in [-0.4, -0.2) is 74.3 Å². The van der Waals surface area contributed by atoms with E-state index in [1.54, 1.807) is 6.92 Å². The van der Waals surface area contributed by atoms with Crippen LogP contribution in [0.3, 0.4) is 0 Å². The van der Waals surface area contributed by atoms with Gasteiger partial charge < -0.3 is 5.11 Å². The summed E-state index contributed by atoms with van der Waals surface area (Å²) in [5, 5.41) is 9.24. The third-order valence-corrected chi connectivity index (χ3v) is 9.32. The summed E-state index contributed by atoms with van der Waals surface area (Å²) in [6.07, 6.45) is 0.196. The first-order chi connectivity index (χ1) is 12.6. The molecule has 148 valence electrons. The van der Waals surface area contributed by atoms with Crippen LogP contribution in [0, 0.1) is 11.8 Å². The van der Waals surface area contributed by atoms with Crippen LogP contribution in [0.15, 0.2) is 11.0 Å². The van der Waals surface area contributed by atoms with Gasteiger partial charge in [0.2, 0.25) is 10.0 Å². The van der Waals surface area contributed by atoms with Crippen molar-refractivity contribution in [3.05, 3.63) is 15.8 Å². The van der Waals surface area contributed by atoms with Crippen molar-refractivity contribution >= 4 is 37.2 Å². The molecular weight excluding hydrogens is 412 g/mol. The summed E-state index contributed by atoms with van der Waals surface area (Å²) in [6.45, 7) is 3.03. The van der Waals surface area contributed by atoms with Crippen LogP contribution in [0.25, 0.3) is 0 Å². The number of sulfone groups is 1. The molecular formula is C16H20N2O6S3. The lowest BCUT2D eigenvalue weighted by atomic mass is 10.2. The number of aliphatic carboxylic acids is 1. The van der Waals surface area contributed by atoms with E-state index in [1.165, 1.54) is 17.4 Å². The van der Waals surface area contributed by atoms with Gasteiger partial charge in [-0.05, 0) is 12.5 Å². The van der Waals surface area contributed by atoms with Gasteiger partial charge in [-0.3, -0.25) is 9.69 Å². The molecule has 1 saturated heterocycles. The molecule has 3 rings (SSSR count). The fourth-order valence-electron chi connectivity index (χ4n) is 3.08. The second-order valence-corrected chi connectivity index (χ2v) is 11.7. The van der Waals surface area contributed by atoms with Crippen LogP contribution < -0.4 is 0 Å². The molecule has 0 aromatic carbocycles. The Balaban J connectivity index is 1.70. The van der Waals surface area contributed by atoms with Gasteiger partial charge in [-0.1, -0.05) is 18.8 Å². The molecule has 0 aliphatic carbocycles.